The van der Waals surface area contributed by atoms with Crippen molar-refractivity contribution >= 4 is 38.7 Å². The second kappa shape index (κ2) is 10.1. The van der Waals surface area contributed by atoms with Crippen LogP contribution in [0.5, 0.6) is 5.75 Å². The molecule has 3 rings (SSSR count). The third-order valence-corrected chi connectivity index (χ3v) is 5.31. The molecule has 3 nitrogen and oxygen atoms in total. The molecule has 0 aromatic heterocycles. The number of benzene rings is 3. The van der Waals surface area contributed by atoms with E-state index in [4.69, 9.17) is 9.47 Å². The van der Waals surface area contributed by atoms with Crippen LogP contribution in [0.1, 0.15) is 30.4 Å². The molecule has 148 valence electrons. The molecule has 3 aromatic rings. The molecule has 0 radical (unpaired) electrons. The van der Waals surface area contributed by atoms with Gasteiger partial charge < -0.3 is 9.47 Å². The molecule has 0 heterocycles. The molecule has 0 aliphatic carbocycles. The molecule has 0 spiro atoms. The molecule has 0 bridgehead atoms. The van der Waals surface area contributed by atoms with Crippen molar-refractivity contribution in [3.8, 4) is 5.75 Å². The van der Waals surface area contributed by atoms with Crippen LogP contribution in [-0.4, -0.2) is 19.7 Å². The summed E-state index contributed by atoms with van der Waals surface area (Å²) in [6, 6.07) is 21.8. The number of carbonyl (C=O) groups is 1. The average molecular weight is 451 g/mol. The average Bonchev–Trinajstić information content (AvgIpc) is 2.77. The van der Waals surface area contributed by atoms with Crippen molar-refractivity contribution in [1.82, 2.24) is 0 Å². The van der Waals surface area contributed by atoms with Gasteiger partial charge in [0.05, 0.1) is 19.6 Å². The zero-order valence-corrected chi connectivity index (χ0v) is 18.1. The Morgan fingerprint density at radius 3 is 2.55 bits per heavy atom. The minimum Gasteiger partial charge on any atom is -0.497 e. The Bertz CT molecular complexity index is 1050. The normalized spacial score (nSPS) is 11.4. The van der Waals surface area contributed by atoms with Gasteiger partial charge in [-0.25, -0.2) is 0 Å². The fourth-order valence-electron chi connectivity index (χ4n) is 2.92. The summed E-state index contributed by atoms with van der Waals surface area (Å²) in [4.78, 5) is 12.4. The van der Waals surface area contributed by atoms with E-state index in [9.17, 15) is 4.79 Å². The van der Waals surface area contributed by atoms with E-state index in [0.717, 1.165) is 32.1 Å². The van der Waals surface area contributed by atoms with Gasteiger partial charge in [-0.1, -0.05) is 54.6 Å². The summed E-state index contributed by atoms with van der Waals surface area (Å²) in [5.41, 5.74) is 5.18. The molecular weight excluding hydrogens is 428 g/mol. The van der Waals surface area contributed by atoms with Crippen molar-refractivity contribution in [1.29, 1.82) is 0 Å². The maximum Gasteiger partial charge on any atom is 0.313 e. The summed E-state index contributed by atoms with van der Waals surface area (Å²) in [5.74, 6) is 0.256. The molecule has 0 fully saturated rings. The third-order valence-electron chi connectivity index (χ3n) is 4.69. The Balaban J connectivity index is 1.57. The van der Waals surface area contributed by atoms with E-state index < -0.39 is 0 Å². The summed E-state index contributed by atoms with van der Waals surface area (Å²) >= 11 is 3.48. The number of methoxy groups -OCH3 is 1. The third kappa shape index (κ3) is 5.83. The monoisotopic (exact) mass is 450 g/mol. The minimum atomic E-state index is -0.330. The van der Waals surface area contributed by atoms with Gasteiger partial charge in [-0.2, -0.15) is 0 Å². The van der Waals surface area contributed by atoms with Crippen LogP contribution in [0.4, 0.5) is 0 Å². The summed E-state index contributed by atoms with van der Waals surface area (Å²) < 4.78 is 11.6. The van der Waals surface area contributed by atoms with Crippen molar-refractivity contribution < 1.29 is 14.3 Å². The van der Waals surface area contributed by atoms with Gasteiger partial charge in [0.2, 0.25) is 0 Å². The minimum absolute atomic E-state index is 0.231. The summed E-state index contributed by atoms with van der Waals surface area (Å²) in [5, 5.41) is 2.15. The SMILES string of the molecule is COc1ccc2cc([C@H](C)C(=O)OCCC(Br)=C=Cc3ccccc3)ccc2c1. The highest BCUT2D eigenvalue weighted by molar-refractivity contribution is 9.11. The van der Waals surface area contributed by atoms with Crippen LogP contribution in [0.3, 0.4) is 0 Å². The first kappa shape index (κ1) is 20.9. The van der Waals surface area contributed by atoms with Crippen LogP contribution in [0.25, 0.3) is 16.8 Å². The molecule has 0 N–H and O–H groups in total. The Morgan fingerprint density at radius 2 is 1.79 bits per heavy atom. The Morgan fingerprint density at radius 1 is 1.07 bits per heavy atom. The molecule has 0 aliphatic heterocycles. The summed E-state index contributed by atoms with van der Waals surface area (Å²) in [6.07, 6.45) is 2.48. The van der Waals surface area contributed by atoms with E-state index in [-0.39, 0.29) is 11.9 Å². The first-order valence-electron chi connectivity index (χ1n) is 9.47. The maximum atomic E-state index is 12.4. The second-order valence-electron chi connectivity index (χ2n) is 6.72. The van der Waals surface area contributed by atoms with Crippen molar-refractivity contribution in [2.24, 2.45) is 0 Å². The molecule has 4 heteroatoms. The van der Waals surface area contributed by atoms with Gasteiger partial charge in [-0.05, 0) is 63.0 Å². The largest absolute Gasteiger partial charge is 0.497 e. The highest BCUT2D eigenvalue weighted by Crippen LogP contribution is 2.26. The number of rotatable bonds is 7. The van der Waals surface area contributed by atoms with Gasteiger partial charge in [0.25, 0.3) is 0 Å². The lowest BCUT2D eigenvalue weighted by atomic mass is 9.98. The molecular formula is C25H23BrO3. The van der Waals surface area contributed by atoms with Crippen LogP contribution >= 0.6 is 15.9 Å². The zero-order chi connectivity index (χ0) is 20.6. The summed E-state index contributed by atoms with van der Waals surface area (Å²) in [6.45, 7) is 2.18. The van der Waals surface area contributed by atoms with E-state index >= 15 is 0 Å². The molecule has 0 unspecified atom stereocenters. The van der Waals surface area contributed by atoms with Gasteiger partial charge in [0.15, 0.2) is 0 Å². The quantitative estimate of drug-likeness (QED) is 0.305. The smallest absolute Gasteiger partial charge is 0.313 e. The van der Waals surface area contributed by atoms with Gasteiger partial charge in [0.1, 0.15) is 5.75 Å². The van der Waals surface area contributed by atoms with Crippen molar-refractivity contribution in [3.63, 3.8) is 0 Å². The van der Waals surface area contributed by atoms with Gasteiger partial charge in [0, 0.05) is 10.9 Å². The number of halogens is 1. The van der Waals surface area contributed by atoms with E-state index in [0.29, 0.717) is 13.0 Å². The van der Waals surface area contributed by atoms with E-state index in [1.54, 1.807) is 7.11 Å². The number of esters is 1. The fraction of sp³-hybridized carbons (Fsp3) is 0.200. The predicted molar refractivity (Wildman–Crippen MR) is 121 cm³/mol. The lowest BCUT2D eigenvalue weighted by Crippen LogP contribution is -2.14. The molecule has 29 heavy (non-hydrogen) atoms. The van der Waals surface area contributed by atoms with Crippen LogP contribution in [0.2, 0.25) is 0 Å². The number of carbonyl (C=O) groups excluding carboxylic acids is 1. The van der Waals surface area contributed by atoms with E-state index in [1.807, 2.05) is 79.7 Å². The highest BCUT2D eigenvalue weighted by atomic mass is 79.9. The van der Waals surface area contributed by atoms with Gasteiger partial charge in [-0.15, -0.1) is 5.73 Å². The standard InChI is InChI=1S/C25H23BrO3/c1-18(20-9-10-22-17-24(28-2)13-11-21(22)16-20)25(27)29-15-14-23(26)12-8-19-6-4-3-5-7-19/h3-11,13,16-18H,14-15H2,1-2H3/t12?,18-/m0/s1. The molecule has 0 aliphatic rings. The van der Waals surface area contributed by atoms with Crippen LogP contribution in [-0.2, 0) is 9.53 Å². The number of fused-ring (bicyclic) bond motifs is 1. The molecule has 3 aromatic carbocycles. The highest BCUT2D eigenvalue weighted by Gasteiger charge is 2.17. The lowest BCUT2D eigenvalue weighted by molar-refractivity contribution is -0.144. The Hall–Kier alpha value is -2.81. The predicted octanol–water partition coefficient (Wildman–Crippen LogP) is 6.48. The summed E-state index contributed by atoms with van der Waals surface area (Å²) in [7, 11) is 1.65. The van der Waals surface area contributed by atoms with Crippen molar-refractivity contribution in [3.05, 3.63) is 88.1 Å². The Labute approximate surface area is 179 Å². The van der Waals surface area contributed by atoms with Crippen molar-refractivity contribution in [2.75, 3.05) is 13.7 Å². The molecule has 1 atom stereocenters. The van der Waals surface area contributed by atoms with Gasteiger partial charge >= 0.3 is 5.97 Å². The van der Waals surface area contributed by atoms with E-state index in [1.165, 1.54) is 0 Å². The van der Waals surface area contributed by atoms with Crippen LogP contribution < -0.4 is 4.74 Å². The second-order valence-corrected chi connectivity index (χ2v) is 7.67. The number of hydrogen-bond acceptors (Lipinski definition) is 3. The molecule has 0 saturated carbocycles. The molecule has 0 amide bonds. The fourth-order valence-corrected chi connectivity index (χ4v) is 3.20. The number of ether oxygens (including phenoxy) is 2. The maximum absolute atomic E-state index is 12.4. The first-order valence-corrected chi connectivity index (χ1v) is 10.3. The first-order chi connectivity index (χ1) is 14.1. The Kier molecular flexibility index (Phi) is 7.29. The molecule has 0 saturated heterocycles. The zero-order valence-electron chi connectivity index (χ0n) is 16.5. The number of hydrogen-bond donors (Lipinski definition) is 0. The van der Waals surface area contributed by atoms with Crippen molar-refractivity contribution in [2.45, 2.75) is 19.3 Å². The van der Waals surface area contributed by atoms with Gasteiger partial charge in [-0.3, -0.25) is 4.79 Å². The topological polar surface area (TPSA) is 35.5 Å². The van der Waals surface area contributed by atoms with Crippen LogP contribution in [0.15, 0.2) is 76.9 Å². The van der Waals surface area contributed by atoms with E-state index in [2.05, 4.69) is 21.7 Å². The van der Waals surface area contributed by atoms with Crippen LogP contribution in [0, 0.1) is 0 Å². The lowest BCUT2D eigenvalue weighted by Gasteiger charge is -2.13.